The van der Waals surface area contributed by atoms with Crippen LogP contribution < -0.4 is 20.1 Å². The van der Waals surface area contributed by atoms with Crippen LogP contribution in [0.25, 0.3) is 0 Å². The third-order valence-electron chi connectivity index (χ3n) is 7.19. The van der Waals surface area contributed by atoms with Crippen LogP contribution in [-0.2, 0) is 0 Å². The lowest BCUT2D eigenvalue weighted by Crippen LogP contribution is -2.56. The van der Waals surface area contributed by atoms with Crippen molar-refractivity contribution in [3.63, 3.8) is 0 Å². The maximum atomic E-state index is 13.9. The fraction of sp³-hybridized carbons (Fsp3) is 0.538. The van der Waals surface area contributed by atoms with Crippen LogP contribution in [-0.4, -0.2) is 50.8 Å². The summed E-state index contributed by atoms with van der Waals surface area (Å²) in [6.07, 6.45) is 4.48. The van der Waals surface area contributed by atoms with Crippen molar-refractivity contribution >= 4 is 5.69 Å². The van der Waals surface area contributed by atoms with Gasteiger partial charge in [0.1, 0.15) is 5.75 Å². The van der Waals surface area contributed by atoms with E-state index in [1.165, 1.54) is 49.1 Å². The van der Waals surface area contributed by atoms with E-state index in [0.29, 0.717) is 31.0 Å². The molecule has 0 bridgehead atoms. The standard InChI is InChI=1S/C26H36FN3O2/c1-18-19(2)25(32-15-5-12-28)11-9-22(18)24-7-4-6-21-17-29(13-14-30(21)24)20-8-10-23(27)26(16-20)31-3/h8-11,16,21,24H,4-7,12-15,17,28H2,1-3H3/t21-,24+/m0/s1. The number of hydrogen-bond acceptors (Lipinski definition) is 5. The van der Waals surface area contributed by atoms with Crippen molar-refractivity contribution in [2.75, 3.05) is 44.8 Å². The quantitative estimate of drug-likeness (QED) is 0.637. The fourth-order valence-corrected chi connectivity index (χ4v) is 5.26. The van der Waals surface area contributed by atoms with Crippen LogP contribution in [0.15, 0.2) is 30.3 Å². The van der Waals surface area contributed by atoms with Crippen LogP contribution in [0, 0.1) is 19.7 Å². The van der Waals surface area contributed by atoms with Crippen molar-refractivity contribution in [1.82, 2.24) is 4.90 Å². The Kier molecular flexibility index (Phi) is 7.21. The summed E-state index contributed by atoms with van der Waals surface area (Å²) in [6.45, 7) is 8.60. The predicted octanol–water partition coefficient (Wildman–Crippen LogP) is 4.59. The van der Waals surface area contributed by atoms with E-state index in [-0.39, 0.29) is 5.82 Å². The Morgan fingerprint density at radius 1 is 1.06 bits per heavy atom. The third-order valence-corrected chi connectivity index (χ3v) is 7.19. The van der Waals surface area contributed by atoms with Crippen LogP contribution in [0.1, 0.15) is 48.4 Å². The number of methoxy groups -OCH3 is 1. The number of hydrogen-bond donors (Lipinski definition) is 1. The minimum Gasteiger partial charge on any atom is -0.494 e. The van der Waals surface area contributed by atoms with Gasteiger partial charge in [-0.15, -0.1) is 0 Å². The fourth-order valence-electron chi connectivity index (χ4n) is 5.26. The Balaban J connectivity index is 1.50. The molecule has 2 fully saturated rings. The molecule has 0 aromatic heterocycles. The summed E-state index contributed by atoms with van der Waals surface area (Å²) in [5, 5.41) is 0. The van der Waals surface area contributed by atoms with Gasteiger partial charge in [0.15, 0.2) is 11.6 Å². The molecular weight excluding hydrogens is 405 g/mol. The van der Waals surface area contributed by atoms with Crippen molar-refractivity contribution in [2.45, 2.75) is 51.6 Å². The van der Waals surface area contributed by atoms with Gasteiger partial charge in [-0.3, -0.25) is 4.90 Å². The van der Waals surface area contributed by atoms with E-state index in [4.69, 9.17) is 15.2 Å². The van der Waals surface area contributed by atoms with Crippen LogP contribution in [0.4, 0.5) is 10.1 Å². The molecule has 2 aromatic rings. The second-order valence-corrected chi connectivity index (χ2v) is 9.00. The zero-order valence-electron chi connectivity index (χ0n) is 19.6. The molecule has 2 aromatic carbocycles. The highest BCUT2D eigenvalue weighted by atomic mass is 19.1. The Morgan fingerprint density at radius 2 is 1.91 bits per heavy atom. The number of rotatable bonds is 7. The molecule has 0 aliphatic carbocycles. The highest BCUT2D eigenvalue weighted by Crippen LogP contribution is 2.40. The number of nitrogens with two attached hydrogens (primary N) is 1. The molecule has 174 valence electrons. The molecular formula is C26H36FN3O2. The van der Waals surface area contributed by atoms with E-state index in [9.17, 15) is 4.39 Å². The van der Waals surface area contributed by atoms with Gasteiger partial charge in [-0.2, -0.15) is 0 Å². The highest BCUT2D eigenvalue weighted by molar-refractivity contribution is 5.52. The summed E-state index contributed by atoms with van der Waals surface area (Å²) in [5.74, 6) is 0.974. The molecule has 0 saturated carbocycles. The second-order valence-electron chi connectivity index (χ2n) is 9.00. The molecule has 2 aliphatic heterocycles. The summed E-state index contributed by atoms with van der Waals surface area (Å²) in [6, 6.07) is 10.5. The molecule has 2 heterocycles. The number of halogens is 1. The topological polar surface area (TPSA) is 51.0 Å². The predicted molar refractivity (Wildman–Crippen MR) is 127 cm³/mol. The first-order chi connectivity index (χ1) is 15.5. The normalized spacial score (nSPS) is 21.3. The third kappa shape index (κ3) is 4.57. The second kappa shape index (κ2) is 10.1. The summed E-state index contributed by atoms with van der Waals surface area (Å²) in [5.41, 5.74) is 10.6. The Labute approximate surface area is 191 Å². The number of fused-ring (bicyclic) bond motifs is 1. The van der Waals surface area contributed by atoms with E-state index in [1.54, 1.807) is 0 Å². The molecule has 6 heteroatoms. The summed E-state index contributed by atoms with van der Waals surface area (Å²) >= 11 is 0. The van der Waals surface area contributed by atoms with Crippen molar-refractivity contribution in [3.05, 3.63) is 52.8 Å². The highest BCUT2D eigenvalue weighted by Gasteiger charge is 2.36. The molecule has 2 atom stereocenters. The number of piperazine rings is 1. The largest absolute Gasteiger partial charge is 0.494 e. The van der Waals surface area contributed by atoms with Gasteiger partial charge in [0.05, 0.1) is 13.7 Å². The molecule has 4 rings (SSSR count). The zero-order valence-corrected chi connectivity index (χ0v) is 19.6. The monoisotopic (exact) mass is 441 g/mol. The van der Waals surface area contributed by atoms with Gasteiger partial charge < -0.3 is 20.1 Å². The van der Waals surface area contributed by atoms with Crippen LogP contribution in [0.5, 0.6) is 11.5 Å². The minimum atomic E-state index is -0.311. The van der Waals surface area contributed by atoms with Gasteiger partial charge >= 0.3 is 0 Å². The number of ether oxygens (including phenoxy) is 2. The first-order valence-corrected chi connectivity index (χ1v) is 11.8. The lowest BCUT2D eigenvalue weighted by molar-refractivity contribution is 0.0712. The van der Waals surface area contributed by atoms with Crippen molar-refractivity contribution in [1.29, 1.82) is 0 Å². The van der Waals surface area contributed by atoms with Gasteiger partial charge in [0.25, 0.3) is 0 Å². The molecule has 0 spiro atoms. The zero-order chi connectivity index (χ0) is 22.7. The average Bonchev–Trinajstić information content (AvgIpc) is 2.82. The molecule has 2 aliphatic rings. The molecule has 2 N–H and O–H groups in total. The first kappa shape index (κ1) is 22.9. The smallest absolute Gasteiger partial charge is 0.165 e. The summed E-state index contributed by atoms with van der Waals surface area (Å²) in [7, 11) is 1.52. The Morgan fingerprint density at radius 3 is 2.69 bits per heavy atom. The lowest BCUT2D eigenvalue weighted by Gasteiger charge is -2.49. The lowest BCUT2D eigenvalue weighted by atomic mass is 9.86. The van der Waals surface area contributed by atoms with Crippen LogP contribution in [0.3, 0.4) is 0 Å². The molecule has 5 nitrogen and oxygen atoms in total. The molecule has 2 saturated heterocycles. The van der Waals surface area contributed by atoms with E-state index >= 15 is 0 Å². The number of piperidine rings is 1. The van der Waals surface area contributed by atoms with E-state index in [1.807, 2.05) is 12.1 Å². The van der Waals surface area contributed by atoms with Gasteiger partial charge in [0, 0.05) is 43.5 Å². The molecule has 0 radical (unpaired) electrons. The Bertz CT molecular complexity index is 936. The molecule has 0 unspecified atom stereocenters. The van der Waals surface area contributed by atoms with Crippen molar-refractivity contribution in [2.24, 2.45) is 5.73 Å². The van der Waals surface area contributed by atoms with Gasteiger partial charge in [-0.1, -0.05) is 6.07 Å². The van der Waals surface area contributed by atoms with Crippen molar-refractivity contribution in [3.8, 4) is 11.5 Å². The van der Waals surface area contributed by atoms with Crippen molar-refractivity contribution < 1.29 is 13.9 Å². The SMILES string of the molecule is COc1cc(N2CCN3[C@@H](CCC[C@@H]3c3ccc(OCCCN)c(C)c3C)C2)ccc1F. The maximum absolute atomic E-state index is 13.9. The van der Waals surface area contributed by atoms with E-state index in [2.05, 4.69) is 35.8 Å². The number of nitrogens with zero attached hydrogens (tertiary/aromatic N) is 2. The minimum absolute atomic E-state index is 0.311. The van der Waals surface area contributed by atoms with E-state index in [0.717, 1.165) is 37.5 Å². The molecule has 0 amide bonds. The van der Waals surface area contributed by atoms with Crippen LogP contribution >= 0.6 is 0 Å². The number of benzene rings is 2. The number of anilines is 1. The van der Waals surface area contributed by atoms with Crippen LogP contribution in [0.2, 0.25) is 0 Å². The first-order valence-electron chi connectivity index (χ1n) is 11.8. The maximum Gasteiger partial charge on any atom is 0.165 e. The summed E-state index contributed by atoms with van der Waals surface area (Å²) in [4.78, 5) is 5.06. The van der Waals surface area contributed by atoms with Gasteiger partial charge in [-0.25, -0.2) is 4.39 Å². The van der Waals surface area contributed by atoms with E-state index < -0.39 is 0 Å². The molecule has 32 heavy (non-hydrogen) atoms. The Hall–Kier alpha value is -2.31. The van der Waals surface area contributed by atoms with Gasteiger partial charge in [0.2, 0.25) is 0 Å². The average molecular weight is 442 g/mol. The van der Waals surface area contributed by atoms with Gasteiger partial charge in [-0.05, 0) is 81.0 Å². The summed E-state index contributed by atoms with van der Waals surface area (Å²) < 4.78 is 25.0.